The van der Waals surface area contributed by atoms with Gasteiger partial charge in [0.15, 0.2) is 0 Å². The molecular formula is C18H15ClN4O3. The fourth-order valence-corrected chi connectivity index (χ4v) is 2.62. The number of nitrogens with one attached hydrogen (secondary N) is 2. The molecular weight excluding hydrogens is 356 g/mol. The first-order valence-corrected chi connectivity index (χ1v) is 7.96. The van der Waals surface area contributed by atoms with Gasteiger partial charge >= 0.3 is 0 Å². The second-order valence-electron chi connectivity index (χ2n) is 5.36. The minimum atomic E-state index is -0.597. The molecule has 4 N–H and O–H groups in total. The van der Waals surface area contributed by atoms with Crippen LogP contribution < -0.4 is 21.3 Å². The SMILES string of the molecule is COc1ccccc1C(=O)NNC(=O)c1cnc2ccc(Cl)cc2c1N. The lowest BCUT2D eigenvalue weighted by Gasteiger charge is -2.12. The molecule has 0 unspecified atom stereocenters. The zero-order chi connectivity index (χ0) is 18.7. The standard InChI is InChI=1S/C18H15ClN4O3/c1-26-15-5-3-2-4-11(15)17(24)22-23-18(25)13-9-21-14-7-6-10(19)8-12(14)16(13)20/h2-9H,1H3,(H2,20,21)(H,22,24)(H,23,25). The van der Waals surface area contributed by atoms with E-state index in [2.05, 4.69) is 15.8 Å². The predicted molar refractivity (Wildman–Crippen MR) is 99.1 cm³/mol. The Morgan fingerprint density at radius 2 is 1.77 bits per heavy atom. The van der Waals surface area contributed by atoms with Gasteiger partial charge in [-0.05, 0) is 30.3 Å². The van der Waals surface area contributed by atoms with Crippen molar-refractivity contribution in [2.45, 2.75) is 0 Å². The molecule has 1 heterocycles. The molecule has 0 spiro atoms. The first-order chi connectivity index (χ1) is 12.5. The number of carbonyl (C=O) groups is 2. The summed E-state index contributed by atoms with van der Waals surface area (Å²) in [5, 5.41) is 1.04. The van der Waals surface area contributed by atoms with Gasteiger partial charge in [0.1, 0.15) is 5.75 Å². The summed E-state index contributed by atoms with van der Waals surface area (Å²) < 4.78 is 5.12. The largest absolute Gasteiger partial charge is 0.496 e. The number of anilines is 1. The Balaban J connectivity index is 1.79. The molecule has 3 aromatic rings. The Bertz CT molecular complexity index is 1010. The van der Waals surface area contributed by atoms with E-state index in [9.17, 15) is 9.59 Å². The van der Waals surface area contributed by atoms with Gasteiger partial charge in [0, 0.05) is 16.6 Å². The van der Waals surface area contributed by atoms with Gasteiger partial charge in [-0.15, -0.1) is 0 Å². The maximum Gasteiger partial charge on any atom is 0.273 e. The summed E-state index contributed by atoms with van der Waals surface area (Å²) in [5.74, 6) is -0.730. The smallest absolute Gasteiger partial charge is 0.273 e. The maximum absolute atomic E-state index is 12.4. The van der Waals surface area contributed by atoms with Crippen LogP contribution in [-0.2, 0) is 0 Å². The number of benzene rings is 2. The topological polar surface area (TPSA) is 106 Å². The summed E-state index contributed by atoms with van der Waals surface area (Å²) in [5.41, 5.74) is 12.0. The van der Waals surface area contributed by atoms with Gasteiger partial charge in [-0.3, -0.25) is 25.4 Å². The van der Waals surface area contributed by atoms with Crippen molar-refractivity contribution in [2.24, 2.45) is 0 Å². The van der Waals surface area contributed by atoms with E-state index >= 15 is 0 Å². The van der Waals surface area contributed by atoms with E-state index in [-0.39, 0.29) is 16.8 Å². The summed E-state index contributed by atoms with van der Waals surface area (Å²) in [4.78, 5) is 28.8. The number of carbonyl (C=O) groups excluding carboxylic acids is 2. The van der Waals surface area contributed by atoms with Crippen LogP contribution in [0, 0.1) is 0 Å². The van der Waals surface area contributed by atoms with E-state index in [1.807, 2.05) is 0 Å². The number of hydrogen-bond acceptors (Lipinski definition) is 5. The number of hydrogen-bond donors (Lipinski definition) is 3. The van der Waals surface area contributed by atoms with Gasteiger partial charge in [-0.25, -0.2) is 0 Å². The number of hydrazine groups is 1. The molecule has 3 rings (SSSR count). The molecule has 0 radical (unpaired) electrons. The van der Waals surface area contributed by atoms with Gasteiger partial charge in [0.25, 0.3) is 11.8 Å². The molecule has 0 aliphatic rings. The quantitative estimate of drug-likeness (QED) is 0.614. The van der Waals surface area contributed by atoms with Crippen molar-refractivity contribution in [3.8, 4) is 5.75 Å². The lowest BCUT2D eigenvalue weighted by molar-refractivity contribution is 0.0845. The highest BCUT2D eigenvalue weighted by Gasteiger charge is 2.16. The van der Waals surface area contributed by atoms with Gasteiger partial charge in [-0.1, -0.05) is 23.7 Å². The molecule has 0 atom stereocenters. The monoisotopic (exact) mass is 370 g/mol. The van der Waals surface area contributed by atoms with Crippen molar-refractivity contribution in [2.75, 3.05) is 12.8 Å². The van der Waals surface area contributed by atoms with Crippen LogP contribution in [0.25, 0.3) is 10.9 Å². The highest BCUT2D eigenvalue weighted by atomic mass is 35.5. The Labute approximate surface area is 154 Å². The Kier molecular flexibility index (Phi) is 4.90. The van der Waals surface area contributed by atoms with E-state index in [1.54, 1.807) is 42.5 Å². The van der Waals surface area contributed by atoms with Crippen molar-refractivity contribution < 1.29 is 14.3 Å². The molecule has 8 heteroatoms. The number of ether oxygens (including phenoxy) is 1. The first-order valence-electron chi connectivity index (χ1n) is 7.58. The molecule has 132 valence electrons. The third-order valence-electron chi connectivity index (χ3n) is 3.76. The number of pyridine rings is 1. The second kappa shape index (κ2) is 7.28. The fourth-order valence-electron chi connectivity index (χ4n) is 2.45. The summed E-state index contributed by atoms with van der Waals surface area (Å²) in [6.45, 7) is 0. The molecule has 0 aliphatic heterocycles. The van der Waals surface area contributed by atoms with Crippen molar-refractivity contribution in [1.29, 1.82) is 0 Å². The highest BCUT2D eigenvalue weighted by Crippen LogP contribution is 2.25. The lowest BCUT2D eigenvalue weighted by Crippen LogP contribution is -2.42. The zero-order valence-corrected chi connectivity index (χ0v) is 14.5. The number of fused-ring (bicyclic) bond motifs is 1. The Morgan fingerprint density at radius 3 is 2.50 bits per heavy atom. The van der Waals surface area contributed by atoms with E-state index in [0.29, 0.717) is 21.7 Å². The normalized spacial score (nSPS) is 10.4. The molecule has 1 aromatic heterocycles. The predicted octanol–water partition coefficient (Wildman–Crippen LogP) is 2.55. The van der Waals surface area contributed by atoms with Crippen molar-refractivity contribution in [1.82, 2.24) is 15.8 Å². The third kappa shape index (κ3) is 3.38. The molecule has 0 aliphatic carbocycles. The number of amides is 2. The fraction of sp³-hybridized carbons (Fsp3) is 0.0556. The minimum Gasteiger partial charge on any atom is -0.496 e. The maximum atomic E-state index is 12.4. The van der Waals surface area contributed by atoms with Crippen LogP contribution in [0.4, 0.5) is 5.69 Å². The molecule has 0 bridgehead atoms. The van der Waals surface area contributed by atoms with E-state index in [0.717, 1.165) is 0 Å². The third-order valence-corrected chi connectivity index (χ3v) is 3.99. The number of nitrogen functional groups attached to an aromatic ring is 1. The minimum absolute atomic E-state index is 0.125. The molecule has 0 fully saturated rings. The van der Waals surface area contributed by atoms with Crippen molar-refractivity contribution in [3.63, 3.8) is 0 Å². The zero-order valence-electron chi connectivity index (χ0n) is 13.7. The number of halogens is 1. The number of rotatable bonds is 3. The van der Waals surface area contributed by atoms with E-state index in [1.165, 1.54) is 13.3 Å². The number of aromatic nitrogens is 1. The number of methoxy groups -OCH3 is 1. The average molecular weight is 371 g/mol. The second-order valence-corrected chi connectivity index (χ2v) is 5.79. The van der Waals surface area contributed by atoms with E-state index in [4.69, 9.17) is 22.1 Å². The van der Waals surface area contributed by atoms with Crippen LogP contribution >= 0.6 is 11.6 Å². The van der Waals surface area contributed by atoms with Crippen LogP contribution in [0.3, 0.4) is 0 Å². The van der Waals surface area contributed by atoms with Crippen LogP contribution in [0.2, 0.25) is 5.02 Å². The van der Waals surface area contributed by atoms with Gasteiger partial charge in [-0.2, -0.15) is 0 Å². The number of nitrogens with zero attached hydrogens (tertiary/aromatic N) is 1. The molecule has 7 nitrogen and oxygen atoms in total. The summed E-state index contributed by atoms with van der Waals surface area (Å²) in [6.07, 6.45) is 1.34. The van der Waals surface area contributed by atoms with Crippen LogP contribution in [0.15, 0.2) is 48.7 Å². The summed E-state index contributed by atoms with van der Waals surface area (Å²) in [6, 6.07) is 11.7. The van der Waals surface area contributed by atoms with Crippen molar-refractivity contribution >= 4 is 40.0 Å². The number of para-hydroxylation sites is 1. The molecule has 26 heavy (non-hydrogen) atoms. The highest BCUT2D eigenvalue weighted by molar-refractivity contribution is 6.31. The Hall–Kier alpha value is -3.32. The molecule has 2 amide bonds. The van der Waals surface area contributed by atoms with Crippen molar-refractivity contribution in [3.05, 3.63) is 64.8 Å². The van der Waals surface area contributed by atoms with Gasteiger partial charge in [0.05, 0.1) is 29.4 Å². The average Bonchev–Trinajstić information content (AvgIpc) is 2.66. The summed E-state index contributed by atoms with van der Waals surface area (Å²) in [7, 11) is 1.46. The first kappa shape index (κ1) is 17.5. The molecule has 2 aromatic carbocycles. The van der Waals surface area contributed by atoms with E-state index < -0.39 is 11.8 Å². The molecule has 0 saturated carbocycles. The van der Waals surface area contributed by atoms with Crippen LogP contribution in [0.1, 0.15) is 20.7 Å². The summed E-state index contributed by atoms with van der Waals surface area (Å²) >= 11 is 5.97. The van der Waals surface area contributed by atoms with Gasteiger partial charge < -0.3 is 10.5 Å². The lowest BCUT2D eigenvalue weighted by atomic mass is 10.1. The van der Waals surface area contributed by atoms with Crippen LogP contribution in [0.5, 0.6) is 5.75 Å². The number of nitrogens with two attached hydrogens (primary N) is 1. The Morgan fingerprint density at radius 1 is 1.08 bits per heavy atom. The molecule has 0 saturated heterocycles. The van der Waals surface area contributed by atoms with Crippen LogP contribution in [-0.4, -0.2) is 23.9 Å². The van der Waals surface area contributed by atoms with Gasteiger partial charge in [0.2, 0.25) is 0 Å².